The molecule has 0 amide bonds. The van der Waals surface area contributed by atoms with Crippen molar-refractivity contribution in [3.63, 3.8) is 0 Å². The number of aromatic nitrogens is 2. The quantitative estimate of drug-likeness (QED) is 0.412. The molecule has 0 saturated heterocycles. The second kappa shape index (κ2) is 8.06. The van der Waals surface area contributed by atoms with Crippen molar-refractivity contribution in [2.45, 2.75) is 4.90 Å². The van der Waals surface area contributed by atoms with Gasteiger partial charge in [0.25, 0.3) is 10.0 Å². The summed E-state index contributed by atoms with van der Waals surface area (Å²) in [5.74, 6) is -0.302. The average Bonchev–Trinajstić information content (AvgIpc) is 2.69. The first-order valence-electron chi connectivity index (χ1n) is 8.48. The standard InChI is InChI=1S/C20H12Cl2FN3O3S/c21-16-8-14(23)5-6-18(16)30(27,28)26-15-9-17(22)20(25-11-15)29-19-7-12-3-1-2-4-13(12)10-24-19/h1-11,26H. The Kier molecular flexibility index (Phi) is 5.46. The second-order valence-corrected chi connectivity index (χ2v) is 8.63. The number of rotatable bonds is 5. The fourth-order valence-electron chi connectivity index (χ4n) is 2.68. The van der Waals surface area contributed by atoms with Crippen molar-refractivity contribution in [3.8, 4) is 11.8 Å². The molecule has 0 atom stereocenters. The van der Waals surface area contributed by atoms with E-state index in [-0.39, 0.29) is 32.4 Å². The number of benzene rings is 2. The summed E-state index contributed by atoms with van der Waals surface area (Å²) in [5.41, 5.74) is 0.0826. The Morgan fingerprint density at radius 3 is 2.40 bits per heavy atom. The lowest BCUT2D eigenvalue weighted by Crippen LogP contribution is -2.14. The molecule has 1 N–H and O–H groups in total. The first-order valence-corrected chi connectivity index (χ1v) is 10.7. The minimum Gasteiger partial charge on any atom is -0.419 e. The fraction of sp³-hybridized carbons (Fsp3) is 0. The number of anilines is 1. The molecule has 4 aromatic rings. The van der Waals surface area contributed by atoms with Crippen LogP contribution >= 0.6 is 23.2 Å². The van der Waals surface area contributed by atoms with Crippen LogP contribution in [0.15, 0.2) is 71.9 Å². The maximum absolute atomic E-state index is 13.2. The van der Waals surface area contributed by atoms with Crippen molar-refractivity contribution in [2.75, 3.05) is 4.72 Å². The summed E-state index contributed by atoms with van der Waals surface area (Å²) >= 11 is 12.0. The SMILES string of the molecule is O=S(=O)(Nc1cnc(Oc2cc3ccccc3cn2)c(Cl)c1)c1ccc(F)cc1Cl. The lowest BCUT2D eigenvalue weighted by molar-refractivity contribution is 0.446. The van der Waals surface area contributed by atoms with Gasteiger partial charge in [0, 0.05) is 17.6 Å². The molecule has 0 bridgehead atoms. The van der Waals surface area contributed by atoms with Gasteiger partial charge in [-0.3, -0.25) is 4.72 Å². The van der Waals surface area contributed by atoms with Crippen LogP contribution in [-0.4, -0.2) is 18.4 Å². The summed E-state index contributed by atoms with van der Waals surface area (Å²) in [7, 11) is -4.07. The van der Waals surface area contributed by atoms with E-state index in [1.807, 2.05) is 24.3 Å². The largest absolute Gasteiger partial charge is 0.419 e. The third-order valence-electron chi connectivity index (χ3n) is 4.05. The van der Waals surface area contributed by atoms with Gasteiger partial charge in [0.2, 0.25) is 11.8 Å². The maximum Gasteiger partial charge on any atom is 0.263 e. The van der Waals surface area contributed by atoms with Crippen LogP contribution < -0.4 is 9.46 Å². The lowest BCUT2D eigenvalue weighted by Gasteiger charge is -2.11. The number of sulfonamides is 1. The maximum atomic E-state index is 13.2. The number of halogens is 3. The van der Waals surface area contributed by atoms with Crippen LogP contribution in [0.2, 0.25) is 10.0 Å². The van der Waals surface area contributed by atoms with Crippen molar-refractivity contribution < 1.29 is 17.5 Å². The molecule has 0 fully saturated rings. The number of ether oxygens (including phenoxy) is 1. The van der Waals surface area contributed by atoms with E-state index in [1.54, 1.807) is 12.3 Å². The molecule has 0 aliphatic heterocycles. The number of nitrogens with one attached hydrogen (secondary N) is 1. The minimum absolute atomic E-state index is 0.0576. The van der Waals surface area contributed by atoms with Crippen molar-refractivity contribution in [3.05, 3.63) is 82.9 Å². The predicted molar refractivity (Wildman–Crippen MR) is 113 cm³/mol. The van der Waals surface area contributed by atoms with Crippen LogP contribution in [0.5, 0.6) is 11.8 Å². The zero-order chi connectivity index (χ0) is 21.3. The van der Waals surface area contributed by atoms with Gasteiger partial charge >= 0.3 is 0 Å². The highest BCUT2D eigenvalue weighted by atomic mass is 35.5. The van der Waals surface area contributed by atoms with E-state index in [9.17, 15) is 12.8 Å². The Morgan fingerprint density at radius 2 is 1.67 bits per heavy atom. The average molecular weight is 464 g/mol. The van der Waals surface area contributed by atoms with E-state index in [1.165, 1.54) is 12.3 Å². The third kappa shape index (κ3) is 4.30. The molecule has 6 nitrogen and oxygen atoms in total. The summed E-state index contributed by atoms with van der Waals surface area (Å²) in [6.07, 6.45) is 2.89. The first-order chi connectivity index (χ1) is 14.3. The Morgan fingerprint density at radius 1 is 0.900 bits per heavy atom. The molecule has 0 unspecified atom stereocenters. The Balaban J connectivity index is 1.56. The Bertz CT molecular complexity index is 1370. The van der Waals surface area contributed by atoms with Crippen LogP contribution in [-0.2, 0) is 10.0 Å². The summed E-state index contributed by atoms with van der Waals surface area (Å²) < 4.78 is 46.1. The summed E-state index contributed by atoms with van der Waals surface area (Å²) in [6.45, 7) is 0. The highest BCUT2D eigenvalue weighted by Gasteiger charge is 2.19. The molecule has 4 rings (SSSR count). The van der Waals surface area contributed by atoms with E-state index in [0.29, 0.717) is 0 Å². The molecule has 0 aliphatic carbocycles. The minimum atomic E-state index is -4.07. The smallest absolute Gasteiger partial charge is 0.263 e. The van der Waals surface area contributed by atoms with E-state index in [0.717, 1.165) is 29.0 Å². The number of fused-ring (bicyclic) bond motifs is 1. The summed E-state index contributed by atoms with van der Waals surface area (Å²) in [6, 6.07) is 13.7. The van der Waals surface area contributed by atoms with Crippen molar-refractivity contribution in [1.29, 1.82) is 0 Å². The Labute approximate surface area is 181 Å². The molecular formula is C20H12Cl2FN3O3S. The van der Waals surface area contributed by atoms with Crippen LogP contribution in [0.4, 0.5) is 10.1 Å². The van der Waals surface area contributed by atoms with Gasteiger partial charge in [-0.05, 0) is 29.7 Å². The molecular weight excluding hydrogens is 452 g/mol. The van der Waals surface area contributed by atoms with Gasteiger partial charge in [-0.15, -0.1) is 0 Å². The van der Waals surface area contributed by atoms with Gasteiger partial charge in [0.1, 0.15) is 15.7 Å². The molecule has 2 aromatic carbocycles. The number of pyridine rings is 2. The lowest BCUT2D eigenvalue weighted by atomic mass is 10.2. The van der Waals surface area contributed by atoms with Gasteiger partial charge in [-0.25, -0.2) is 22.8 Å². The molecule has 152 valence electrons. The monoisotopic (exact) mass is 463 g/mol. The second-order valence-electron chi connectivity index (χ2n) is 6.16. The van der Waals surface area contributed by atoms with Crippen LogP contribution in [0.3, 0.4) is 0 Å². The summed E-state index contributed by atoms with van der Waals surface area (Å²) in [4.78, 5) is 7.98. The Hall–Kier alpha value is -2.94. The molecule has 0 aliphatic rings. The van der Waals surface area contributed by atoms with E-state index in [2.05, 4.69) is 14.7 Å². The molecule has 0 spiro atoms. The van der Waals surface area contributed by atoms with Gasteiger partial charge < -0.3 is 4.74 Å². The van der Waals surface area contributed by atoms with Crippen LogP contribution in [0, 0.1) is 5.82 Å². The van der Waals surface area contributed by atoms with Crippen molar-refractivity contribution in [1.82, 2.24) is 9.97 Å². The molecule has 2 heterocycles. The highest BCUT2D eigenvalue weighted by Crippen LogP contribution is 2.31. The molecule has 0 saturated carbocycles. The van der Waals surface area contributed by atoms with Crippen LogP contribution in [0.25, 0.3) is 10.8 Å². The van der Waals surface area contributed by atoms with E-state index >= 15 is 0 Å². The number of hydrogen-bond donors (Lipinski definition) is 1. The van der Waals surface area contributed by atoms with E-state index < -0.39 is 15.8 Å². The topological polar surface area (TPSA) is 81.2 Å². The fourth-order valence-corrected chi connectivity index (χ4v) is 4.45. The zero-order valence-corrected chi connectivity index (χ0v) is 17.3. The normalized spacial score (nSPS) is 11.4. The number of nitrogens with zero attached hydrogens (tertiary/aromatic N) is 2. The van der Waals surface area contributed by atoms with Crippen molar-refractivity contribution >= 4 is 49.7 Å². The van der Waals surface area contributed by atoms with Gasteiger partial charge in [-0.1, -0.05) is 47.5 Å². The molecule has 2 aromatic heterocycles. The molecule has 10 heteroatoms. The predicted octanol–water partition coefficient (Wildman–Crippen LogP) is 5.67. The van der Waals surface area contributed by atoms with Gasteiger partial charge in [-0.2, -0.15) is 0 Å². The highest BCUT2D eigenvalue weighted by molar-refractivity contribution is 7.92. The van der Waals surface area contributed by atoms with E-state index in [4.69, 9.17) is 27.9 Å². The van der Waals surface area contributed by atoms with Crippen LogP contribution in [0.1, 0.15) is 0 Å². The van der Waals surface area contributed by atoms with Crippen molar-refractivity contribution in [2.24, 2.45) is 0 Å². The molecule has 30 heavy (non-hydrogen) atoms. The third-order valence-corrected chi connectivity index (χ3v) is 6.19. The first kappa shape index (κ1) is 20.3. The zero-order valence-electron chi connectivity index (χ0n) is 15.0. The number of hydrogen-bond acceptors (Lipinski definition) is 5. The molecule has 0 radical (unpaired) electrons. The van der Waals surface area contributed by atoms with Gasteiger partial charge in [0.15, 0.2) is 0 Å². The van der Waals surface area contributed by atoms with Gasteiger partial charge in [0.05, 0.1) is 16.9 Å². The summed E-state index contributed by atoms with van der Waals surface area (Å²) in [5, 5.41) is 1.70.